The Hall–Kier alpha value is -2.12. The highest BCUT2D eigenvalue weighted by molar-refractivity contribution is 5.26. The quantitative estimate of drug-likeness (QED) is 0.340. The zero-order chi connectivity index (χ0) is 21.8. The van der Waals surface area contributed by atoms with Crippen LogP contribution in [0.4, 0.5) is 12.0 Å². The maximum Gasteiger partial charge on any atom is 0.324 e. The lowest BCUT2D eigenvalue weighted by Gasteiger charge is -2.09. The number of anilines is 2. The van der Waals surface area contributed by atoms with Crippen LogP contribution in [-0.2, 0) is 12.8 Å². The van der Waals surface area contributed by atoms with Crippen molar-refractivity contribution in [1.29, 1.82) is 0 Å². The number of hydrogen-bond donors (Lipinski definition) is 0. The van der Waals surface area contributed by atoms with Crippen LogP contribution in [0.3, 0.4) is 0 Å². The van der Waals surface area contributed by atoms with E-state index in [4.69, 9.17) is 9.05 Å². The average molecular weight is 445 g/mol. The van der Waals surface area contributed by atoms with Crippen molar-refractivity contribution in [3.63, 3.8) is 0 Å². The summed E-state index contributed by atoms with van der Waals surface area (Å²) in [7, 11) is 0. The fourth-order valence-corrected chi connectivity index (χ4v) is 4.75. The smallest absolute Gasteiger partial charge is 0.324 e. The van der Waals surface area contributed by atoms with Crippen molar-refractivity contribution in [1.82, 2.24) is 20.3 Å². The van der Waals surface area contributed by atoms with Gasteiger partial charge in [-0.3, -0.25) is 0 Å². The summed E-state index contributed by atoms with van der Waals surface area (Å²) in [6, 6.07) is 1.45. The van der Waals surface area contributed by atoms with Crippen molar-refractivity contribution in [2.45, 2.75) is 103 Å². The van der Waals surface area contributed by atoms with Gasteiger partial charge in [-0.15, -0.1) is 0 Å². The van der Waals surface area contributed by atoms with E-state index >= 15 is 0 Å². The van der Waals surface area contributed by atoms with Crippen LogP contribution in [0, 0.1) is 0 Å². The minimum Gasteiger partial charge on any atom is -0.324 e. The Kier molecular flexibility index (Phi) is 9.22. The van der Waals surface area contributed by atoms with Gasteiger partial charge in [-0.2, -0.15) is 9.97 Å². The van der Waals surface area contributed by atoms with E-state index in [2.05, 4.69) is 30.1 Å². The molecule has 0 unspecified atom stereocenters. The standard InChI is InChI=1S/C24H40N6O2/c1(3-5-7-9-15-21-25-23(31-27-21)29-17-11-12-18-29)2-4-6-8-10-16-22-26-24(32-28-22)30-19-13-14-20-30/h1-20H2. The van der Waals surface area contributed by atoms with E-state index in [0.717, 1.165) is 75.5 Å². The molecule has 0 N–H and O–H groups in total. The van der Waals surface area contributed by atoms with Crippen LogP contribution in [-0.4, -0.2) is 46.5 Å². The van der Waals surface area contributed by atoms with Gasteiger partial charge in [-0.25, -0.2) is 0 Å². The van der Waals surface area contributed by atoms with Crippen LogP contribution in [0.25, 0.3) is 0 Å². The van der Waals surface area contributed by atoms with Crippen LogP contribution in [0.15, 0.2) is 9.05 Å². The molecule has 2 fully saturated rings. The van der Waals surface area contributed by atoms with Crippen molar-refractivity contribution >= 4 is 12.0 Å². The molecule has 0 amide bonds. The highest BCUT2D eigenvalue weighted by Crippen LogP contribution is 2.20. The second kappa shape index (κ2) is 12.8. The molecular weight excluding hydrogens is 404 g/mol. The first-order valence-electron chi connectivity index (χ1n) is 13.0. The lowest BCUT2D eigenvalue weighted by molar-refractivity contribution is 0.409. The van der Waals surface area contributed by atoms with Crippen LogP contribution in [0.1, 0.15) is 102 Å². The highest BCUT2D eigenvalue weighted by Gasteiger charge is 2.19. The molecule has 0 bridgehead atoms. The monoisotopic (exact) mass is 444 g/mol. The van der Waals surface area contributed by atoms with E-state index in [1.54, 1.807) is 0 Å². The van der Waals surface area contributed by atoms with Gasteiger partial charge in [-0.05, 0) is 38.5 Å². The molecule has 0 aromatic carbocycles. The van der Waals surface area contributed by atoms with Crippen molar-refractivity contribution in [2.24, 2.45) is 0 Å². The van der Waals surface area contributed by atoms with E-state index in [1.165, 1.54) is 77.0 Å². The first-order chi connectivity index (χ1) is 15.9. The zero-order valence-corrected chi connectivity index (χ0v) is 19.6. The van der Waals surface area contributed by atoms with E-state index in [1.807, 2.05) is 0 Å². The summed E-state index contributed by atoms with van der Waals surface area (Å²) in [6.07, 6.45) is 19.7. The molecule has 2 aliphatic rings. The minimum atomic E-state index is 0.724. The Morgan fingerprint density at radius 1 is 0.500 bits per heavy atom. The van der Waals surface area contributed by atoms with Gasteiger partial charge >= 0.3 is 12.0 Å². The van der Waals surface area contributed by atoms with Gasteiger partial charge in [0.05, 0.1) is 0 Å². The van der Waals surface area contributed by atoms with Crippen molar-refractivity contribution in [2.75, 3.05) is 36.0 Å². The van der Waals surface area contributed by atoms with Crippen LogP contribution in [0.5, 0.6) is 0 Å². The van der Waals surface area contributed by atoms with Crippen LogP contribution < -0.4 is 9.80 Å². The third kappa shape index (κ3) is 7.20. The van der Waals surface area contributed by atoms with Gasteiger partial charge in [0.1, 0.15) is 0 Å². The van der Waals surface area contributed by atoms with Gasteiger partial charge in [-0.1, -0.05) is 61.7 Å². The molecule has 0 atom stereocenters. The number of aryl methyl sites for hydroxylation is 2. The van der Waals surface area contributed by atoms with Crippen LogP contribution >= 0.6 is 0 Å². The van der Waals surface area contributed by atoms with E-state index in [0.29, 0.717) is 0 Å². The summed E-state index contributed by atoms with van der Waals surface area (Å²) in [5.74, 6) is 1.75. The van der Waals surface area contributed by atoms with Gasteiger partial charge in [0.25, 0.3) is 0 Å². The molecule has 178 valence electrons. The Bertz CT molecular complexity index is 700. The van der Waals surface area contributed by atoms with Gasteiger partial charge in [0.2, 0.25) is 0 Å². The summed E-state index contributed by atoms with van der Waals surface area (Å²) in [5, 5.41) is 8.28. The normalized spacial score (nSPS) is 16.5. The fraction of sp³-hybridized carbons (Fsp3) is 0.833. The summed E-state index contributed by atoms with van der Waals surface area (Å²) in [5.41, 5.74) is 0. The molecule has 2 aromatic heterocycles. The lowest BCUT2D eigenvalue weighted by atomic mass is 10.0. The van der Waals surface area contributed by atoms with E-state index < -0.39 is 0 Å². The SMILES string of the molecule is C(CCCCCCc1noc(N2CCCC2)n1)CCCCCc1noc(N2CCCC2)n1. The Balaban J connectivity index is 0.935. The Labute approximate surface area is 192 Å². The second-order valence-corrected chi connectivity index (χ2v) is 9.41. The number of unbranched alkanes of at least 4 members (excludes halogenated alkanes) is 9. The molecule has 4 rings (SSSR count). The molecule has 4 heterocycles. The molecule has 32 heavy (non-hydrogen) atoms. The molecule has 2 aromatic rings. The zero-order valence-electron chi connectivity index (χ0n) is 19.6. The highest BCUT2D eigenvalue weighted by atomic mass is 16.5. The van der Waals surface area contributed by atoms with Gasteiger partial charge in [0.15, 0.2) is 11.6 Å². The molecule has 8 nitrogen and oxygen atoms in total. The van der Waals surface area contributed by atoms with Crippen molar-refractivity contribution in [3.8, 4) is 0 Å². The van der Waals surface area contributed by atoms with Gasteiger partial charge < -0.3 is 18.8 Å². The van der Waals surface area contributed by atoms with Gasteiger partial charge in [0, 0.05) is 39.0 Å². The van der Waals surface area contributed by atoms with Crippen molar-refractivity contribution in [3.05, 3.63) is 11.6 Å². The number of hydrogen-bond acceptors (Lipinski definition) is 8. The summed E-state index contributed by atoms with van der Waals surface area (Å²) >= 11 is 0. The molecule has 8 heteroatoms. The second-order valence-electron chi connectivity index (χ2n) is 9.41. The molecule has 0 aliphatic carbocycles. The molecule has 0 saturated carbocycles. The van der Waals surface area contributed by atoms with Crippen LogP contribution in [0.2, 0.25) is 0 Å². The maximum atomic E-state index is 5.40. The van der Waals surface area contributed by atoms with Crippen molar-refractivity contribution < 1.29 is 9.05 Å². The fourth-order valence-electron chi connectivity index (χ4n) is 4.75. The average Bonchev–Trinajstić information content (AvgIpc) is 3.62. The van der Waals surface area contributed by atoms with E-state index in [-0.39, 0.29) is 0 Å². The summed E-state index contributed by atoms with van der Waals surface area (Å²) in [6.45, 7) is 4.22. The summed E-state index contributed by atoms with van der Waals surface area (Å²) in [4.78, 5) is 13.5. The molecular formula is C24H40N6O2. The molecule has 2 saturated heterocycles. The third-order valence-corrected chi connectivity index (χ3v) is 6.72. The minimum absolute atomic E-state index is 0.724. The first kappa shape index (κ1) is 23.1. The number of rotatable bonds is 15. The topological polar surface area (TPSA) is 84.3 Å². The third-order valence-electron chi connectivity index (χ3n) is 6.72. The molecule has 0 radical (unpaired) electrons. The number of aromatic nitrogens is 4. The maximum absolute atomic E-state index is 5.40. The summed E-state index contributed by atoms with van der Waals surface area (Å²) < 4.78 is 10.8. The number of nitrogens with zero attached hydrogens (tertiary/aromatic N) is 6. The molecule has 0 spiro atoms. The largest absolute Gasteiger partial charge is 0.324 e. The predicted molar refractivity (Wildman–Crippen MR) is 125 cm³/mol. The first-order valence-corrected chi connectivity index (χ1v) is 13.0. The van der Waals surface area contributed by atoms with E-state index in [9.17, 15) is 0 Å². The molecule has 2 aliphatic heterocycles. The Morgan fingerprint density at radius 2 is 0.844 bits per heavy atom. The Morgan fingerprint density at radius 3 is 1.22 bits per heavy atom. The predicted octanol–water partition coefficient (Wildman–Crippen LogP) is 5.34. The lowest BCUT2D eigenvalue weighted by Crippen LogP contribution is -2.17.